The van der Waals surface area contributed by atoms with Gasteiger partial charge in [-0.3, -0.25) is 19.9 Å². The number of amides is 4. The first-order valence-corrected chi connectivity index (χ1v) is 9.96. The number of urea groups is 1. The zero-order chi connectivity index (χ0) is 21.1. The molecule has 0 aromatic heterocycles. The summed E-state index contributed by atoms with van der Waals surface area (Å²) in [5.74, 6) is -0.899. The first-order valence-electron chi connectivity index (χ1n) is 9.96. The fourth-order valence-corrected chi connectivity index (χ4v) is 3.84. The van der Waals surface area contributed by atoms with E-state index in [1.54, 1.807) is 31.2 Å². The molecule has 0 saturated carbocycles. The third-order valence-corrected chi connectivity index (χ3v) is 5.58. The van der Waals surface area contributed by atoms with Crippen LogP contribution in [0.3, 0.4) is 0 Å². The van der Waals surface area contributed by atoms with Crippen LogP contribution in [-0.2, 0) is 15.1 Å². The van der Waals surface area contributed by atoms with Crippen LogP contribution in [0.1, 0.15) is 24.5 Å². The SMILES string of the molecule is C[C@]1(c2ccccc2)NC(=O)N(NC(=O)CN2CC=C(c3ccccc3)CC2)C1=O. The number of hydrogen-bond donors (Lipinski definition) is 2. The molecule has 4 amide bonds. The molecule has 2 aromatic carbocycles. The Morgan fingerprint density at radius 2 is 1.73 bits per heavy atom. The van der Waals surface area contributed by atoms with Crippen molar-refractivity contribution in [3.63, 3.8) is 0 Å². The van der Waals surface area contributed by atoms with Crippen molar-refractivity contribution < 1.29 is 14.4 Å². The first kappa shape index (κ1) is 19.8. The smallest absolute Gasteiger partial charge is 0.318 e. The van der Waals surface area contributed by atoms with E-state index in [0.29, 0.717) is 12.1 Å². The molecule has 154 valence electrons. The van der Waals surface area contributed by atoms with Crippen molar-refractivity contribution in [2.75, 3.05) is 19.6 Å². The lowest BCUT2D eigenvalue weighted by atomic mass is 9.92. The summed E-state index contributed by atoms with van der Waals surface area (Å²) in [4.78, 5) is 39.7. The summed E-state index contributed by atoms with van der Waals surface area (Å²) in [6, 6.07) is 18.5. The Labute approximate surface area is 175 Å². The van der Waals surface area contributed by atoms with Gasteiger partial charge in [0, 0.05) is 13.1 Å². The molecular weight excluding hydrogens is 380 g/mol. The van der Waals surface area contributed by atoms with E-state index in [1.165, 1.54) is 11.1 Å². The van der Waals surface area contributed by atoms with Gasteiger partial charge < -0.3 is 5.32 Å². The minimum Gasteiger partial charge on any atom is -0.318 e. The molecule has 2 aliphatic heterocycles. The standard InChI is InChI=1S/C23H24N4O3/c1-23(19-10-6-3-7-11-19)21(29)27(22(30)24-23)25-20(28)16-26-14-12-18(13-15-26)17-8-4-2-5-9-17/h2-12H,13-16H2,1H3,(H,24,30)(H,25,28)/t23-/m1/s1. The van der Waals surface area contributed by atoms with E-state index in [9.17, 15) is 14.4 Å². The van der Waals surface area contributed by atoms with Gasteiger partial charge in [-0.15, -0.1) is 0 Å². The summed E-state index contributed by atoms with van der Waals surface area (Å²) in [7, 11) is 0. The molecule has 0 unspecified atom stereocenters. The maximum absolute atomic E-state index is 12.9. The second-order valence-electron chi connectivity index (χ2n) is 7.68. The van der Waals surface area contributed by atoms with Crippen molar-refractivity contribution in [1.82, 2.24) is 20.7 Å². The zero-order valence-corrected chi connectivity index (χ0v) is 16.8. The Morgan fingerprint density at radius 1 is 1.07 bits per heavy atom. The molecule has 30 heavy (non-hydrogen) atoms. The number of nitrogens with zero attached hydrogens (tertiary/aromatic N) is 2. The van der Waals surface area contributed by atoms with Gasteiger partial charge in [-0.25, -0.2) is 4.79 Å². The van der Waals surface area contributed by atoms with Gasteiger partial charge in [0.2, 0.25) is 0 Å². The Morgan fingerprint density at radius 3 is 2.37 bits per heavy atom. The molecule has 0 bridgehead atoms. The normalized spacial score (nSPS) is 21.9. The lowest BCUT2D eigenvalue weighted by Gasteiger charge is -2.26. The number of hydrogen-bond acceptors (Lipinski definition) is 4. The Bertz CT molecular complexity index is 990. The summed E-state index contributed by atoms with van der Waals surface area (Å²) in [6.45, 7) is 3.11. The number of hydrazine groups is 1. The van der Waals surface area contributed by atoms with Crippen molar-refractivity contribution >= 4 is 23.4 Å². The summed E-state index contributed by atoms with van der Waals surface area (Å²) in [6.07, 6.45) is 2.96. The van der Waals surface area contributed by atoms with Crippen LogP contribution in [0.5, 0.6) is 0 Å². The molecule has 4 rings (SSSR count). The molecule has 0 spiro atoms. The highest BCUT2D eigenvalue weighted by Crippen LogP contribution is 2.27. The molecule has 1 fully saturated rings. The minimum absolute atomic E-state index is 0.109. The van der Waals surface area contributed by atoms with Crippen LogP contribution >= 0.6 is 0 Å². The van der Waals surface area contributed by atoms with Gasteiger partial charge in [0.1, 0.15) is 5.54 Å². The summed E-state index contributed by atoms with van der Waals surface area (Å²) < 4.78 is 0. The third kappa shape index (κ3) is 3.84. The fraction of sp³-hybridized carbons (Fsp3) is 0.261. The van der Waals surface area contributed by atoms with Crippen molar-refractivity contribution in [2.24, 2.45) is 0 Å². The highest BCUT2D eigenvalue weighted by Gasteiger charge is 2.50. The number of carbonyl (C=O) groups is 3. The average Bonchev–Trinajstić information content (AvgIpc) is 2.99. The van der Waals surface area contributed by atoms with Crippen LogP contribution in [0.15, 0.2) is 66.7 Å². The third-order valence-electron chi connectivity index (χ3n) is 5.58. The van der Waals surface area contributed by atoms with Gasteiger partial charge in [0.15, 0.2) is 0 Å². The molecule has 1 saturated heterocycles. The quantitative estimate of drug-likeness (QED) is 0.749. The minimum atomic E-state index is -1.20. The van der Waals surface area contributed by atoms with Crippen molar-refractivity contribution in [3.05, 3.63) is 77.9 Å². The number of imide groups is 1. The number of carbonyl (C=O) groups excluding carboxylic acids is 3. The summed E-state index contributed by atoms with van der Waals surface area (Å²) in [5.41, 5.74) is 4.38. The lowest BCUT2D eigenvalue weighted by molar-refractivity contribution is -0.139. The van der Waals surface area contributed by atoms with Crippen LogP contribution in [0.25, 0.3) is 5.57 Å². The van der Waals surface area contributed by atoms with Crippen molar-refractivity contribution in [3.8, 4) is 0 Å². The molecule has 2 aliphatic rings. The predicted molar refractivity (Wildman–Crippen MR) is 113 cm³/mol. The second kappa shape index (κ2) is 8.12. The molecule has 0 aliphatic carbocycles. The summed E-state index contributed by atoms with van der Waals surface area (Å²) in [5, 5.41) is 3.46. The Hall–Kier alpha value is -3.45. The monoisotopic (exact) mass is 404 g/mol. The molecule has 1 atom stereocenters. The lowest BCUT2D eigenvalue weighted by Crippen LogP contribution is -2.51. The van der Waals surface area contributed by atoms with E-state index >= 15 is 0 Å². The van der Waals surface area contributed by atoms with Gasteiger partial charge in [-0.1, -0.05) is 66.7 Å². The Balaban J connectivity index is 1.36. The van der Waals surface area contributed by atoms with Crippen molar-refractivity contribution in [2.45, 2.75) is 18.9 Å². The van der Waals surface area contributed by atoms with Crippen LogP contribution in [-0.4, -0.2) is 47.4 Å². The van der Waals surface area contributed by atoms with E-state index in [-0.39, 0.29) is 6.54 Å². The highest BCUT2D eigenvalue weighted by atomic mass is 16.2. The molecule has 7 nitrogen and oxygen atoms in total. The van der Waals surface area contributed by atoms with E-state index in [0.717, 1.165) is 18.0 Å². The molecule has 2 aromatic rings. The zero-order valence-electron chi connectivity index (χ0n) is 16.8. The van der Waals surface area contributed by atoms with Crippen molar-refractivity contribution in [1.29, 1.82) is 0 Å². The number of nitrogens with one attached hydrogen (secondary N) is 2. The van der Waals surface area contributed by atoms with E-state index in [2.05, 4.69) is 29.0 Å². The molecule has 2 N–H and O–H groups in total. The largest absolute Gasteiger partial charge is 0.344 e. The van der Waals surface area contributed by atoms with Crippen LogP contribution < -0.4 is 10.7 Å². The molecule has 2 heterocycles. The van der Waals surface area contributed by atoms with Gasteiger partial charge in [0.25, 0.3) is 11.8 Å². The van der Waals surface area contributed by atoms with E-state index < -0.39 is 23.4 Å². The van der Waals surface area contributed by atoms with Gasteiger partial charge in [-0.2, -0.15) is 5.01 Å². The maximum Gasteiger partial charge on any atom is 0.344 e. The van der Waals surface area contributed by atoms with E-state index in [4.69, 9.17) is 0 Å². The van der Waals surface area contributed by atoms with Crippen LogP contribution in [0.2, 0.25) is 0 Å². The fourth-order valence-electron chi connectivity index (χ4n) is 3.84. The van der Waals surface area contributed by atoms with Gasteiger partial charge in [-0.05, 0) is 30.0 Å². The number of benzene rings is 2. The molecule has 0 radical (unpaired) electrons. The van der Waals surface area contributed by atoms with E-state index in [1.807, 2.05) is 29.2 Å². The predicted octanol–water partition coefficient (Wildman–Crippen LogP) is 2.27. The second-order valence-corrected chi connectivity index (χ2v) is 7.68. The van der Waals surface area contributed by atoms with Gasteiger partial charge in [0.05, 0.1) is 6.54 Å². The average molecular weight is 404 g/mol. The Kier molecular flexibility index (Phi) is 5.37. The number of rotatable bonds is 5. The van der Waals surface area contributed by atoms with Crippen LogP contribution in [0, 0.1) is 0 Å². The maximum atomic E-state index is 12.9. The first-order chi connectivity index (χ1) is 14.5. The highest BCUT2D eigenvalue weighted by molar-refractivity contribution is 6.08. The molecule has 7 heteroatoms. The van der Waals surface area contributed by atoms with Gasteiger partial charge >= 0.3 is 6.03 Å². The molecular formula is C23H24N4O3. The van der Waals surface area contributed by atoms with Crippen LogP contribution in [0.4, 0.5) is 4.79 Å². The summed E-state index contributed by atoms with van der Waals surface area (Å²) >= 11 is 0. The topological polar surface area (TPSA) is 81.8 Å².